The minimum Gasteiger partial charge on any atom is -0.497 e. The lowest BCUT2D eigenvalue weighted by Crippen LogP contribution is -2.21. The van der Waals surface area contributed by atoms with E-state index in [9.17, 15) is 10.2 Å². The van der Waals surface area contributed by atoms with Crippen LogP contribution in [0.1, 0.15) is 11.7 Å². The fourth-order valence-corrected chi connectivity index (χ4v) is 1.27. The fourth-order valence-electron chi connectivity index (χ4n) is 1.27. The van der Waals surface area contributed by atoms with E-state index >= 15 is 0 Å². The van der Waals surface area contributed by atoms with E-state index in [1.807, 2.05) is 0 Å². The number of methoxy groups -OCH3 is 1. The van der Waals surface area contributed by atoms with Crippen molar-refractivity contribution in [3.05, 3.63) is 40.3 Å². The molecular weight excluding hydrogens is 210 g/mol. The zero-order valence-corrected chi connectivity index (χ0v) is 8.82. The van der Waals surface area contributed by atoms with Gasteiger partial charge in [-0.1, -0.05) is 17.2 Å². The van der Waals surface area contributed by atoms with Gasteiger partial charge in [0.15, 0.2) is 0 Å². The number of aliphatic hydroxyl groups is 2. The van der Waals surface area contributed by atoms with Crippen molar-refractivity contribution in [2.75, 3.05) is 13.7 Å². The van der Waals surface area contributed by atoms with Gasteiger partial charge in [0.05, 0.1) is 19.8 Å². The number of hydrogen-bond donors (Lipinski definition) is 2. The molecule has 0 heterocycles. The first kappa shape index (κ1) is 12.3. The summed E-state index contributed by atoms with van der Waals surface area (Å²) in [5.74, 6) is 0.590. The highest BCUT2D eigenvalue weighted by atomic mass is 16.5. The fraction of sp³-hybridized carbons (Fsp3) is 0.400. The van der Waals surface area contributed by atoms with Crippen LogP contribution in [0.15, 0.2) is 29.4 Å². The lowest BCUT2D eigenvalue weighted by Gasteiger charge is -2.16. The standard InChI is InChI=1S/C10H13N3O3/c1-16-8-4-2-3-7(5-8)10(15)9(14)6-12-13-11/h2-5,9-10,14-15H,6H2,1H3. The SMILES string of the molecule is COc1cccc(C(O)C(O)CN=[N+]=[N-])c1. The number of aliphatic hydroxyl groups excluding tert-OH is 2. The van der Waals surface area contributed by atoms with Crippen molar-refractivity contribution in [3.8, 4) is 5.75 Å². The van der Waals surface area contributed by atoms with Gasteiger partial charge in [-0.15, -0.1) is 0 Å². The Hall–Kier alpha value is -1.75. The van der Waals surface area contributed by atoms with E-state index in [-0.39, 0.29) is 6.54 Å². The zero-order valence-electron chi connectivity index (χ0n) is 8.82. The predicted molar refractivity (Wildman–Crippen MR) is 58.0 cm³/mol. The molecule has 0 saturated heterocycles. The van der Waals surface area contributed by atoms with Gasteiger partial charge in [-0.3, -0.25) is 0 Å². The van der Waals surface area contributed by atoms with Crippen molar-refractivity contribution >= 4 is 0 Å². The molecule has 1 rings (SSSR count). The number of rotatable bonds is 5. The summed E-state index contributed by atoms with van der Waals surface area (Å²) in [7, 11) is 1.52. The molecule has 0 radical (unpaired) electrons. The predicted octanol–water partition coefficient (Wildman–Crippen LogP) is 1.40. The Morgan fingerprint density at radius 1 is 1.50 bits per heavy atom. The number of nitrogens with zero attached hydrogens (tertiary/aromatic N) is 3. The van der Waals surface area contributed by atoms with Crippen molar-refractivity contribution in [2.45, 2.75) is 12.2 Å². The van der Waals surface area contributed by atoms with Crippen molar-refractivity contribution < 1.29 is 14.9 Å². The molecule has 2 N–H and O–H groups in total. The number of ether oxygens (including phenoxy) is 1. The van der Waals surface area contributed by atoms with Crippen LogP contribution < -0.4 is 4.74 Å². The maximum absolute atomic E-state index is 9.75. The minimum absolute atomic E-state index is 0.172. The van der Waals surface area contributed by atoms with Crippen LogP contribution in [-0.2, 0) is 0 Å². The third-order valence-electron chi connectivity index (χ3n) is 2.13. The van der Waals surface area contributed by atoms with Crippen LogP contribution in [0.3, 0.4) is 0 Å². The summed E-state index contributed by atoms with van der Waals surface area (Å²) in [5, 5.41) is 22.5. The topological polar surface area (TPSA) is 98.5 Å². The first-order valence-corrected chi connectivity index (χ1v) is 4.70. The van der Waals surface area contributed by atoms with E-state index in [4.69, 9.17) is 10.3 Å². The first-order chi connectivity index (χ1) is 7.69. The molecule has 0 aliphatic carbocycles. The van der Waals surface area contributed by atoms with Gasteiger partial charge < -0.3 is 14.9 Å². The van der Waals surface area contributed by atoms with E-state index in [1.165, 1.54) is 7.11 Å². The van der Waals surface area contributed by atoms with Gasteiger partial charge in [0, 0.05) is 4.91 Å². The molecule has 6 nitrogen and oxygen atoms in total. The van der Waals surface area contributed by atoms with Gasteiger partial charge in [0.25, 0.3) is 0 Å². The Bertz CT molecular complexity index is 391. The maximum atomic E-state index is 9.75. The number of benzene rings is 1. The summed E-state index contributed by atoms with van der Waals surface area (Å²) in [6.45, 7) is -0.172. The van der Waals surface area contributed by atoms with Gasteiger partial charge >= 0.3 is 0 Å². The molecule has 0 bridgehead atoms. The van der Waals surface area contributed by atoms with E-state index in [2.05, 4.69) is 10.0 Å². The summed E-state index contributed by atoms with van der Waals surface area (Å²) < 4.78 is 4.99. The Balaban J connectivity index is 2.78. The lowest BCUT2D eigenvalue weighted by molar-refractivity contribution is 0.0243. The summed E-state index contributed by atoms with van der Waals surface area (Å²) in [6, 6.07) is 6.71. The molecule has 0 saturated carbocycles. The Kier molecular flexibility index (Phi) is 4.60. The second kappa shape index (κ2) is 5.97. The second-order valence-electron chi connectivity index (χ2n) is 3.20. The molecule has 0 aliphatic heterocycles. The molecule has 6 heteroatoms. The van der Waals surface area contributed by atoms with E-state index < -0.39 is 12.2 Å². The van der Waals surface area contributed by atoms with Crippen molar-refractivity contribution in [3.63, 3.8) is 0 Å². The largest absolute Gasteiger partial charge is 0.497 e. The molecule has 16 heavy (non-hydrogen) atoms. The van der Waals surface area contributed by atoms with Gasteiger partial charge in [-0.2, -0.15) is 0 Å². The van der Waals surface area contributed by atoms with Crippen LogP contribution in [0.25, 0.3) is 10.4 Å². The smallest absolute Gasteiger partial charge is 0.119 e. The average molecular weight is 223 g/mol. The van der Waals surface area contributed by atoms with Crippen molar-refractivity contribution in [2.24, 2.45) is 5.11 Å². The Morgan fingerprint density at radius 2 is 2.25 bits per heavy atom. The summed E-state index contributed by atoms with van der Waals surface area (Å²) in [5.41, 5.74) is 8.61. The summed E-state index contributed by atoms with van der Waals surface area (Å²) in [4.78, 5) is 2.51. The Morgan fingerprint density at radius 3 is 2.88 bits per heavy atom. The van der Waals surface area contributed by atoms with Crippen LogP contribution in [-0.4, -0.2) is 30.0 Å². The monoisotopic (exact) mass is 223 g/mol. The second-order valence-corrected chi connectivity index (χ2v) is 3.20. The van der Waals surface area contributed by atoms with Gasteiger partial charge in [-0.25, -0.2) is 0 Å². The van der Waals surface area contributed by atoms with Crippen LogP contribution in [0, 0.1) is 0 Å². The van der Waals surface area contributed by atoms with Crippen molar-refractivity contribution in [1.82, 2.24) is 0 Å². The highest BCUT2D eigenvalue weighted by Crippen LogP contribution is 2.21. The van der Waals surface area contributed by atoms with Gasteiger partial charge in [0.1, 0.15) is 11.9 Å². The minimum atomic E-state index is -1.12. The third kappa shape index (κ3) is 3.13. The number of hydrogen-bond acceptors (Lipinski definition) is 4. The molecule has 0 aromatic heterocycles. The van der Waals surface area contributed by atoms with Crippen LogP contribution in [0.2, 0.25) is 0 Å². The highest BCUT2D eigenvalue weighted by molar-refractivity contribution is 5.30. The lowest BCUT2D eigenvalue weighted by atomic mass is 10.0. The zero-order chi connectivity index (χ0) is 12.0. The molecule has 0 fully saturated rings. The van der Waals surface area contributed by atoms with Crippen LogP contribution >= 0.6 is 0 Å². The van der Waals surface area contributed by atoms with Crippen LogP contribution in [0.5, 0.6) is 5.75 Å². The molecule has 2 atom stereocenters. The molecule has 0 amide bonds. The first-order valence-electron chi connectivity index (χ1n) is 4.70. The van der Waals surface area contributed by atoms with Crippen molar-refractivity contribution in [1.29, 1.82) is 0 Å². The summed E-state index contributed by atoms with van der Waals surface area (Å²) in [6.07, 6.45) is -2.22. The molecule has 0 spiro atoms. The third-order valence-corrected chi connectivity index (χ3v) is 2.13. The molecule has 2 unspecified atom stereocenters. The van der Waals surface area contributed by atoms with E-state index in [0.717, 1.165) is 0 Å². The summed E-state index contributed by atoms with van der Waals surface area (Å²) >= 11 is 0. The molecule has 1 aromatic rings. The number of azide groups is 1. The highest BCUT2D eigenvalue weighted by Gasteiger charge is 2.17. The normalized spacial score (nSPS) is 13.7. The molecule has 1 aromatic carbocycles. The quantitative estimate of drug-likeness (QED) is 0.448. The Labute approximate surface area is 92.7 Å². The molecule has 0 aliphatic rings. The maximum Gasteiger partial charge on any atom is 0.119 e. The van der Waals surface area contributed by atoms with Gasteiger partial charge in [0.2, 0.25) is 0 Å². The van der Waals surface area contributed by atoms with E-state index in [1.54, 1.807) is 24.3 Å². The average Bonchev–Trinajstić information content (AvgIpc) is 2.35. The van der Waals surface area contributed by atoms with Gasteiger partial charge in [-0.05, 0) is 23.2 Å². The molecule has 86 valence electrons. The van der Waals surface area contributed by atoms with Crippen LogP contribution in [0.4, 0.5) is 0 Å². The van der Waals surface area contributed by atoms with E-state index in [0.29, 0.717) is 11.3 Å². The molecular formula is C10H13N3O3.